The topological polar surface area (TPSA) is 46.6 Å². The second-order valence-corrected chi connectivity index (χ2v) is 6.51. The zero-order valence-corrected chi connectivity index (χ0v) is 12.6. The Morgan fingerprint density at radius 3 is 2.55 bits per heavy atom. The van der Waals surface area contributed by atoms with Gasteiger partial charge in [0.05, 0.1) is 11.5 Å². The molecule has 0 aliphatic heterocycles. The third kappa shape index (κ3) is 3.00. The van der Waals surface area contributed by atoms with Crippen LogP contribution in [0.25, 0.3) is 10.8 Å². The van der Waals surface area contributed by atoms with Crippen molar-refractivity contribution in [3.05, 3.63) is 42.5 Å². The average Bonchev–Trinajstić information content (AvgIpc) is 2.46. The van der Waals surface area contributed by atoms with E-state index in [0.29, 0.717) is 24.7 Å². The van der Waals surface area contributed by atoms with Gasteiger partial charge in [-0.15, -0.1) is 0 Å². The molecular weight excluding hydrogens is 274 g/mol. The lowest BCUT2D eigenvalue weighted by Crippen LogP contribution is -2.30. The van der Waals surface area contributed by atoms with E-state index in [1.54, 1.807) is 19.2 Å². The van der Waals surface area contributed by atoms with Crippen molar-refractivity contribution in [2.24, 2.45) is 0 Å². The summed E-state index contributed by atoms with van der Waals surface area (Å²) in [6.07, 6.45) is 0. The lowest BCUT2D eigenvalue weighted by Gasteiger charge is -2.18. The molecule has 0 aliphatic rings. The van der Waals surface area contributed by atoms with Gasteiger partial charge in [0, 0.05) is 25.6 Å². The Morgan fingerprint density at radius 2 is 1.80 bits per heavy atom. The van der Waals surface area contributed by atoms with Crippen molar-refractivity contribution >= 4 is 20.8 Å². The number of ether oxygens (including phenoxy) is 1. The van der Waals surface area contributed by atoms with E-state index in [1.807, 2.05) is 37.3 Å². The predicted octanol–water partition coefficient (Wildman–Crippen LogP) is 2.50. The van der Waals surface area contributed by atoms with Gasteiger partial charge in [-0.2, -0.15) is 4.31 Å². The lowest BCUT2D eigenvalue weighted by molar-refractivity contribution is 0.138. The second kappa shape index (κ2) is 6.35. The Balaban J connectivity index is 2.37. The maximum absolute atomic E-state index is 12.6. The van der Waals surface area contributed by atoms with Gasteiger partial charge in [-0.3, -0.25) is 0 Å². The van der Waals surface area contributed by atoms with Gasteiger partial charge in [0.15, 0.2) is 0 Å². The summed E-state index contributed by atoms with van der Waals surface area (Å²) in [4.78, 5) is 0.342. The van der Waals surface area contributed by atoms with Crippen molar-refractivity contribution in [3.63, 3.8) is 0 Å². The summed E-state index contributed by atoms with van der Waals surface area (Å²) in [6, 6.07) is 12.8. The molecule has 0 saturated carbocycles. The average molecular weight is 293 g/mol. The van der Waals surface area contributed by atoms with Gasteiger partial charge in [-0.05, 0) is 18.4 Å². The zero-order valence-electron chi connectivity index (χ0n) is 11.7. The fourth-order valence-corrected chi connectivity index (χ4v) is 3.41. The standard InChI is InChI=1S/C15H19NO3S/c1-3-19-12-11-16(2)20(17,18)15-10-6-8-13-7-4-5-9-14(13)15/h4-10H,3,11-12H2,1-2H3. The first-order valence-electron chi connectivity index (χ1n) is 6.59. The molecule has 0 heterocycles. The maximum Gasteiger partial charge on any atom is 0.243 e. The molecule has 0 unspecified atom stereocenters. The van der Waals surface area contributed by atoms with Crippen LogP contribution in [0.4, 0.5) is 0 Å². The summed E-state index contributed by atoms with van der Waals surface area (Å²) >= 11 is 0. The second-order valence-electron chi connectivity index (χ2n) is 4.50. The van der Waals surface area contributed by atoms with Crippen molar-refractivity contribution in [1.82, 2.24) is 4.31 Å². The van der Waals surface area contributed by atoms with Crippen molar-refractivity contribution in [1.29, 1.82) is 0 Å². The van der Waals surface area contributed by atoms with Gasteiger partial charge in [-0.1, -0.05) is 36.4 Å². The maximum atomic E-state index is 12.6. The van der Waals surface area contributed by atoms with E-state index < -0.39 is 10.0 Å². The molecule has 0 bridgehead atoms. The highest BCUT2D eigenvalue weighted by Crippen LogP contribution is 2.24. The number of rotatable bonds is 6. The van der Waals surface area contributed by atoms with Crippen molar-refractivity contribution < 1.29 is 13.2 Å². The van der Waals surface area contributed by atoms with Crippen LogP contribution < -0.4 is 0 Å². The molecule has 0 radical (unpaired) electrons. The summed E-state index contributed by atoms with van der Waals surface area (Å²) in [7, 11) is -1.91. The van der Waals surface area contributed by atoms with Crippen LogP contribution in [0.1, 0.15) is 6.92 Å². The van der Waals surface area contributed by atoms with Crippen LogP contribution >= 0.6 is 0 Å². The van der Waals surface area contributed by atoms with E-state index >= 15 is 0 Å². The van der Waals surface area contributed by atoms with Crippen LogP contribution in [-0.4, -0.2) is 39.5 Å². The normalized spacial score (nSPS) is 12.2. The van der Waals surface area contributed by atoms with Gasteiger partial charge in [0.25, 0.3) is 0 Å². The Bertz CT molecular complexity index is 677. The molecule has 0 amide bonds. The Hall–Kier alpha value is -1.43. The fourth-order valence-electron chi connectivity index (χ4n) is 2.05. The SMILES string of the molecule is CCOCCN(C)S(=O)(=O)c1cccc2ccccc12. The smallest absolute Gasteiger partial charge is 0.243 e. The van der Waals surface area contributed by atoms with Gasteiger partial charge in [0.2, 0.25) is 10.0 Å². The minimum atomic E-state index is -3.49. The monoisotopic (exact) mass is 293 g/mol. The summed E-state index contributed by atoms with van der Waals surface area (Å²) in [5.41, 5.74) is 0. The molecule has 0 spiro atoms. The van der Waals surface area contributed by atoms with Crippen LogP contribution in [0.2, 0.25) is 0 Å². The lowest BCUT2D eigenvalue weighted by atomic mass is 10.1. The number of hydrogen-bond acceptors (Lipinski definition) is 3. The Morgan fingerprint density at radius 1 is 1.10 bits per heavy atom. The molecule has 4 nitrogen and oxygen atoms in total. The summed E-state index contributed by atoms with van der Waals surface area (Å²) in [5, 5.41) is 1.67. The molecule has 2 aromatic rings. The molecule has 0 saturated heterocycles. The van der Waals surface area contributed by atoms with E-state index in [0.717, 1.165) is 10.8 Å². The van der Waals surface area contributed by atoms with Crippen molar-refractivity contribution in [2.75, 3.05) is 26.8 Å². The molecule has 5 heteroatoms. The number of benzene rings is 2. The van der Waals surface area contributed by atoms with Crippen LogP contribution in [0.5, 0.6) is 0 Å². The Kier molecular flexibility index (Phi) is 4.75. The number of sulfonamides is 1. The van der Waals surface area contributed by atoms with E-state index in [2.05, 4.69) is 0 Å². The minimum absolute atomic E-state index is 0.342. The zero-order chi connectivity index (χ0) is 14.6. The molecule has 2 aromatic carbocycles. The Labute approximate surface area is 120 Å². The quantitative estimate of drug-likeness (QED) is 0.769. The van der Waals surface area contributed by atoms with Gasteiger partial charge >= 0.3 is 0 Å². The fraction of sp³-hybridized carbons (Fsp3) is 0.333. The molecule has 2 rings (SSSR count). The van der Waals surface area contributed by atoms with E-state index in [4.69, 9.17) is 4.74 Å². The number of nitrogens with zero attached hydrogens (tertiary/aromatic N) is 1. The third-order valence-electron chi connectivity index (χ3n) is 3.19. The van der Waals surface area contributed by atoms with Crippen LogP contribution in [0, 0.1) is 0 Å². The van der Waals surface area contributed by atoms with Crippen molar-refractivity contribution in [2.45, 2.75) is 11.8 Å². The molecule has 0 aromatic heterocycles. The summed E-state index contributed by atoms with van der Waals surface area (Å²) < 4.78 is 31.8. The molecule has 0 aliphatic carbocycles. The highest BCUT2D eigenvalue weighted by molar-refractivity contribution is 7.89. The third-order valence-corrected chi connectivity index (χ3v) is 5.11. The van der Waals surface area contributed by atoms with Crippen LogP contribution in [-0.2, 0) is 14.8 Å². The summed E-state index contributed by atoms with van der Waals surface area (Å²) in [6.45, 7) is 3.22. The number of fused-ring (bicyclic) bond motifs is 1. The molecule has 108 valence electrons. The molecular formula is C15H19NO3S. The highest BCUT2D eigenvalue weighted by atomic mass is 32.2. The largest absolute Gasteiger partial charge is 0.380 e. The summed E-state index contributed by atoms with van der Waals surface area (Å²) in [5.74, 6) is 0. The predicted molar refractivity (Wildman–Crippen MR) is 80.3 cm³/mol. The molecule has 0 N–H and O–H groups in total. The minimum Gasteiger partial charge on any atom is -0.380 e. The van der Waals surface area contributed by atoms with E-state index in [-0.39, 0.29) is 0 Å². The number of hydrogen-bond donors (Lipinski definition) is 0. The van der Waals surface area contributed by atoms with Crippen molar-refractivity contribution in [3.8, 4) is 0 Å². The molecule has 20 heavy (non-hydrogen) atoms. The van der Waals surface area contributed by atoms with Gasteiger partial charge in [-0.25, -0.2) is 8.42 Å². The first-order chi connectivity index (χ1) is 9.57. The van der Waals surface area contributed by atoms with Crippen LogP contribution in [0.15, 0.2) is 47.4 Å². The highest BCUT2D eigenvalue weighted by Gasteiger charge is 2.22. The first kappa shape index (κ1) is 15.0. The van der Waals surface area contributed by atoms with E-state index in [1.165, 1.54) is 4.31 Å². The van der Waals surface area contributed by atoms with Gasteiger partial charge in [0.1, 0.15) is 0 Å². The molecule has 0 fully saturated rings. The number of likely N-dealkylation sites (N-methyl/N-ethyl adjacent to an activating group) is 1. The van der Waals surface area contributed by atoms with Crippen LogP contribution in [0.3, 0.4) is 0 Å². The first-order valence-corrected chi connectivity index (χ1v) is 8.03. The van der Waals surface area contributed by atoms with Gasteiger partial charge < -0.3 is 4.74 Å². The van der Waals surface area contributed by atoms with E-state index in [9.17, 15) is 8.42 Å². The molecule has 0 atom stereocenters.